The van der Waals surface area contributed by atoms with Crippen molar-refractivity contribution in [3.05, 3.63) is 0 Å². The van der Waals surface area contributed by atoms with Crippen LogP contribution in [0.15, 0.2) is 0 Å². The van der Waals surface area contributed by atoms with E-state index in [1.54, 1.807) is 0 Å². The Morgan fingerprint density at radius 2 is 0.385 bits per heavy atom. The molecule has 5 rings (SSSR count). The zero-order valence-electron chi connectivity index (χ0n) is 63.1. The highest BCUT2D eigenvalue weighted by atomic mass is 16.5. The van der Waals surface area contributed by atoms with Gasteiger partial charge < -0.3 is 150 Å². The summed E-state index contributed by atoms with van der Waals surface area (Å²) in [6.45, 7) is 0.615. The van der Waals surface area contributed by atoms with Crippen molar-refractivity contribution in [3.63, 3.8) is 0 Å². The summed E-state index contributed by atoms with van der Waals surface area (Å²) in [5.74, 6) is 1.91. The average molecular weight is 1520 g/mol. The maximum Gasteiger partial charge on any atom is 0.0629 e. The van der Waals surface area contributed by atoms with Gasteiger partial charge in [0.25, 0.3) is 0 Å². The molecular formula is C74H146O30. The zero-order chi connectivity index (χ0) is 77.6. The molecule has 0 aromatic rings. The van der Waals surface area contributed by atoms with E-state index in [2.05, 4.69) is 0 Å². The first-order valence-electron chi connectivity index (χ1n) is 38.3. The summed E-state index contributed by atoms with van der Waals surface area (Å²) in [4.78, 5) is 0. The van der Waals surface area contributed by atoms with E-state index < -0.39 is 43.3 Å². The van der Waals surface area contributed by atoms with Crippen LogP contribution in [0.25, 0.3) is 0 Å². The first kappa shape index (κ1) is 98.9. The van der Waals surface area contributed by atoms with Crippen molar-refractivity contribution in [1.82, 2.24) is 0 Å². The van der Waals surface area contributed by atoms with Gasteiger partial charge in [-0.05, 0) is 152 Å². The summed E-state index contributed by atoms with van der Waals surface area (Å²) < 4.78 is 46.6. The van der Waals surface area contributed by atoms with Gasteiger partial charge in [-0.3, -0.25) is 0 Å². The molecule has 0 spiro atoms. The van der Waals surface area contributed by atoms with E-state index in [4.69, 9.17) is 37.9 Å². The van der Waals surface area contributed by atoms with E-state index in [1.165, 1.54) is 0 Å². The second kappa shape index (κ2) is 53.7. The van der Waals surface area contributed by atoms with E-state index in [1.807, 2.05) is 13.8 Å². The second-order valence-corrected chi connectivity index (χ2v) is 31.9. The van der Waals surface area contributed by atoms with Gasteiger partial charge in [0.15, 0.2) is 0 Å². The third-order valence-electron chi connectivity index (χ3n) is 22.9. The largest absolute Gasteiger partial charge is 0.396 e. The highest BCUT2D eigenvalue weighted by molar-refractivity contribution is 4.90. The Morgan fingerprint density at radius 1 is 0.212 bits per heavy atom. The van der Waals surface area contributed by atoms with Crippen LogP contribution >= 0.6 is 0 Å². The number of hydrogen-bond donors (Lipinski definition) is 22. The van der Waals surface area contributed by atoms with Gasteiger partial charge in [-0.1, -0.05) is 26.7 Å². The maximum atomic E-state index is 9.61. The molecule has 0 aromatic heterocycles. The molecule has 0 bridgehead atoms. The van der Waals surface area contributed by atoms with Crippen LogP contribution in [0.5, 0.6) is 0 Å². The van der Waals surface area contributed by atoms with Crippen LogP contribution in [0.1, 0.15) is 155 Å². The third kappa shape index (κ3) is 32.9. The molecule has 0 amide bonds. The molecule has 4 atom stereocenters. The van der Waals surface area contributed by atoms with Crippen molar-refractivity contribution in [2.24, 2.45) is 67.0 Å². The number of hydrogen-bond acceptors (Lipinski definition) is 30. The normalized spacial score (nSPS) is 24.0. The molecule has 5 aliphatic rings. The van der Waals surface area contributed by atoms with Gasteiger partial charge in [0.05, 0.1) is 267 Å². The van der Waals surface area contributed by atoms with Crippen LogP contribution in [-0.4, -0.2) is 360 Å². The van der Waals surface area contributed by atoms with Crippen molar-refractivity contribution < 1.29 is 150 Å². The lowest BCUT2D eigenvalue weighted by Crippen LogP contribution is -2.43. The first-order valence-corrected chi connectivity index (χ1v) is 38.3. The van der Waals surface area contributed by atoms with Crippen LogP contribution in [-0.2, 0) is 37.9 Å². The molecule has 0 saturated heterocycles. The van der Waals surface area contributed by atoms with Crippen molar-refractivity contribution in [1.29, 1.82) is 0 Å². The Balaban J connectivity index is 0.000000472. The molecule has 5 aliphatic carbocycles. The van der Waals surface area contributed by atoms with Crippen molar-refractivity contribution in [2.45, 2.75) is 192 Å². The van der Waals surface area contributed by atoms with Gasteiger partial charge in [0, 0.05) is 24.0 Å². The van der Waals surface area contributed by atoms with Crippen molar-refractivity contribution >= 4 is 0 Å². The molecule has 5 fully saturated rings. The average Bonchev–Trinajstić information content (AvgIpc) is 0.827. The third-order valence-corrected chi connectivity index (χ3v) is 22.9. The van der Waals surface area contributed by atoms with E-state index in [-0.39, 0.29) is 222 Å². The lowest BCUT2D eigenvalue weighted by Gasteiger charge is -2.43. The molecule has 0 radical (unpaired) electrons. The van der Waals surface area contributed by atoms with E-state index in [0.717, 1.165) is 141 Å². The fourth-order valence-electron chi connectivity index (χ4n) is 13.6. The Hall–Kier alpha value is -1.20. The molecule has 30 heteroatoms. The van der Waals surface area contributed by atoms with Gasteiger partial charge in [0.2, 0.25) is 0 Å². The number of fused-ring (bicyclic) bond motifs is 1. The number of rotatable bonds is 52. The molecule has 0 aromatic carbocycles. The summed E-state index contributed by atoms with van der Waals surface area (Å²) in [7, 11) is 0. The predicted molar refractivity (Wildman–Crippen MR) is 382 cm³/mol. The lowest BCUT2D eigenvalue weighted by molar-refractivity contribution is -0.115. The molecule has 30 nitrogen and oxygen atoms in total. The Morgan fingerprint density at radius 3 is 0.577 bits per heavy atom. The minimum Gasteiger partial charge on any atom is -0.396 e. The molecule has 622 valence electrons. The van der Waals surface area contributed by atoms with E-state index in [9.17, 15) is 112 Å². The summed E-state index contributed by atoms with van der Waals surface area (Å²) in [6, 6.07) is 0. The van der Waals surface area contributed by atoms with Crippen LogP contribution in [0.3, 0.4) is 0 Å². The Kier molecular flexibility index (Phi) is 51.0. The topological polar surface area (TPSA) is 519 Å². The number of aliphatic hydroxyl groups excluding tert-OH is 22. The Labute approximate surface area is 618 Å². The summed E-state index contributed by atoms with van der Waals surface area (Å²) in [6.07, 6.45) is 19.9. The molecule has 22 N–H and O–H groups in total. The SMILES string of the molecule is CCCC(CO)(CO)COC1CCC(OCC(CO)(CO)CCC)CC1.OCC(CO)(CO)COC1CCC(OCC(CO)(CO)CO)CC1.OCC(CO)(CO)COC1CCC2CC(OCC(CO)(CO)CO)CCC2C1.OCC(CO)(CO)COCC1CCC(COCC(CO)(CO)CO)CC1. The monoisotopic (exact) mass is 1510 g/mol. The molecular weight excluding hydrogens is 1370 g/mol. The molecule has 5 saturated carbocycles. The van der Waals surface area contributed by atoms with E-state index >= 15 is 0 Å². The van der Waals surface area contributed by atoms with E-state index in [0.29, 0.717) is 50.1 Å². The minimum atomic E-state index is -1.02. The van der Waals surface area contributed by atoms with Gasteiger partial charge in [-0.25, -0.2) is 0 Å². The molecule has 4 unspecified atom stereocenters. The van der Waals surface area contributed by atoms with Gasteiger partial charge in [0.1, 0.15) is 0 Å². The summed E-state index contributed by atoms with van der Waals surface area (Å²) in [5, 5.41) is 206. The first-order chi connectivity index (χ1) is 50.0. The van der Waals surface area contributed by atoms with Crippen LogP contribution in [0.4, 0.5) is 0 Å². The standard InChI is InChI=1S/C20H38O8.C20H40O6.C18H36O8.C16H32O8/c21-7-19(8-22,9-23)13-27-17-3-1-15-5-18(4-2-16(15)6-17)28-14-20(10-24,11-25)12-26;1-3-9-19(11-21,12-22)15-25-17-5-7-18(8-6-17)26-16-20(13-23,14-24)10-4-2;19-7-17(8-20,9-21)13-25-5-15-1-2-16(4-3-15)6-26-14-18(10-22,11-23)12-24;17-5-15(6-18,7-19)11-23-13-1-2-14(4-3-13)24-12-16(8-20,9-21)10-22/h15-18,21-26H,1-14H2;17-18,21-24H,3-16H2,1-2H3;15-16,19-24H,1-14H2;13-14,17-22H,1-12H2. The van der Waals surface area contributed by atoms with Crippen molar-refractivity contribution in [3.8, 4) is 0 Å². The van der Waals surface area contributed by atoms with Gasteiger partial charge in [-0.15, -0.1) is 0 Å². The highest BCUT2D eigenvalue weighted by Gasteiger charge is 2.41. The van der Waals surface area contributed by atoms with Gasteiger partial charge in [-0.2, -0.15) is 0 Å². The van der Waals surface area contributed by atoms with Crippen LogP contribution in [0.2, 0.25) is 0 Å². The summed E-state index contributed by atoms with van der Waals surface area (Å²) >= 11 is 0. The molecule has 0 aliphatic heterocycles. The maximum absolute atomic E-state index is 9.61. The number of ether oxygens (including phenoxy) is 8. The van der Waals surface area contributed by atoms with Crippen LogP contribution < -0.4 is 0 Å². The lowest BCUT2D eigenvalue weighted by atomic mass is 9.69. The smallest absolute Gasteiger partial charge is 0.0629 e. The molecule has 104 heavy (non-hydrogen) atoms. The predicted octanol–water partition coefficient (Wildman–Crippen LogP) is -1.83. The van der Waals surface area contributed by atoms with Gasteiger partial charge >= 0.3 is 0 Å². The molecule has 0 heterocycles. The second-order valence-electron chi connectivity index (χ2n) is 31.9. The number of aliphatic hydroxyl groups is 22. The summed E-state index contributed by atoms with van der Waals surface area (Å²) in [5.41, 5.74) is -7.05. The highest BCUT2D eigenvalue weighted by Crippen LogP contribution is 2.43. The quantitative estimate of drug-likeness (QED) is 0.0318. The fourth-order valence-corrected chi connectivity index (χ4v) is 13.6. The minimum absolute atomic E-state index is 0.0212. The van der Waals surface area contributed by atoms with Crippen molar-refractivity contribution in [2.75, 3.05) is 211 Å². The zero-order valence-corrected chi connectivity index (χ0v) is 63.1. The van der Waals surface area contributed by atoms with Crippen LogP contribution in [0, 0.1) is 67.0 Å². The Bertz CT molecular complexity index is 1820. The fraction of sp³-hybridized carbons (Fsp3) is 1.00.